The van der Waals surface area contributed by atoms with E-state index in [-0.39, 0.29) is 24.0 Å². The number of para-hydroxylation sites is 2. The predicted molar refractivity (Wildman–Crippen MR) is 118 cm³/mol. The summed E-state index contributed by atoms with van der Waals surface area (Å²) in [6.45, 7) is 1.41. The van der Waals surface area contributed by atoms with Crippen LogP contribution >= 0.6 is 24.0 Å². The quantitative estimate of drug-likeness (QED) is 0.341. The van der Waals surface area contributed by atoms with Gasteiger partial charge in [-0.3, -0.25) is 4.99 Å². The maximum atomic E-state index is 5.43. The molecule has 0 radical (unpaired) electrons. The van der Waals surface area contributed by atoms with Crippen LogP contribution in [0.3, 0.4) is 0 Å². The van der Waals surface area contributed by atoms with E-state index >= 15 is 0 Å². The number of aromatic nitrogens is 1. The molecular formula is C20H25IN4O. The molecule has 0 bridgehead atoms. The Balaban J connectivity index is 0.00000243. The lowest BCUT2D eigenvalue weighted by Gasteiger charge is -2.23. The number of hydrogen-bond donors (Lipinski definition) is 2. The summed E-state index contributed by atoms with van der Waals surface area (Å²) in [5.74, 6) is 1.73. The second kappa shape index (κ2) is 9.47. The Labute approximate surface area is 171 Å². The van der Waals surface area contributed by atoms with Gasteiger partial charge >= 0.3 is 0 Å². The molecule has 138 valence electrons. The third kappa shape index (κ3) is 4.69. The summed E-state index contributed by atoms with van der Waals surface area (Å²) in [5.41, 5.74) is 3.41. The smallest absolute Gasteiger partial charge is 0.194 e. The maximum Gasteiger partial charge on any atom is 0.194 e. The van der Waals surface area contributed by atoms with Gasteiger partial charge in [0.25, 0.3) is 0 Å². The molecule has 0 fully saturated rings. The van der Waals surface area contributed by atoms with Crippen LogP contribution in [0.2, 0.25) is 0 Å². The molecule has 0 aliphatic carbocycles. The van der Waals surface area contributed by atoms with Crippen LogP contribution in [0.25, 0.3) is 10.9 Å². The van der Waals surface area contributed by atoms with Gasteiger partial charge in [-0.25, -0.2) is 0 Å². The molecule has 6 heteroatoms. The summed E-state index contributed by atoms with van der Waals surface area (Å²) in [5, 5.41) is 4.63. The highest BCUT2D eigenvalue weighted by Gasteiger charge is 2.10. The van der Waals surface area contributed by atoms with Crippen molar-refractivity contribution in [2.24, 2.45) is 4.99 Å². The Kier molecular flexibility index (Phi) is 7.32. The predicted octanol–water partition coefficient (Wildman–Crippen LogP) is 4.00. The molecule has 0 aliphatic heterocycles. The van der Waals surface area contributed by atoms with Crippen molar-refractivity contribution < 1.29 is 4.74 Å². The second-order valence-electron chi connectivity index (χ2n) is 5.95. The number of nitrogens with zero attached hydrogens (tertiary/aromatic N) is 2. The molecule has 3 rings (SSSR count). The molecule has 3 aromatic rings. The molecule has 0 saturated heterocycles. The Morgan fingerprint density at radius 2 is 1.88 bits per heavy atom. The standard InChI is InChI=1S/C20H24N4O.HI/c1-21-20(24(2)14-16-9-5-7-11-19(16)25-3)22-13-17-12-15-8-4-6-10-18(15)23-17;/h4-12,23H,13-14H2,1-3H3,(H,21,22);1H. The lowest BCUT2D eigenvalue weighted by atomic mass is 10.2. The number of ether oxygens (including phenoxy) is 1. The number of aromatic amines is 1. The number of fused-ring (bicyclic) bond motifs is 1. The highest BCUT2D eigenvalue weighted by Crippen LogP contribution is 2.19. The minimum Gasteiger partial charge on any atom is -0.496 e. The van der Waals surface area contributed by atoms with Gasteiger partial charge in [0, 0.05) is 37.4 Å². The molecule has 0 spiro atoms. The Morgan fingerprint density at radius 1 is 1.15 bits per heavy atom. The number of nitrogens with one attached hydrogen (secondary N) is 2. The van der Waals surface area contributed by atoms with Crippen molar-refractivity contribution in [3.8, 4) is 5.75 Å². The van der Waals surface area contributed by atoms with Crippen molar-refractivity contribution in [1.82, 2.24) is 15.2 Å². The van der Waals surface area contributed by atoms with Gasteiger partial charge < -0.3 is 19.9 Å². The first kappa shape index (κ1) is 20.1. The summed E-state index contributed by atoms with van der Waals surface area (Å²) < 4.78 is 5.43. The van der Waals surface area contributed by atoms with E-state index in [1.807, 2.05) is 37.4 Å². The van der Waals surface area contributed by atoms with Crippen molar-refractivity contribution in [3.05, 3.63) is 65.9 Å². The average molecular weight is 464 g/mol. The second-order valence-corrected chi connectivity index (χ2v) is 5.95. The van der Waals surface area contributed by atoms with Crippen molar-refractivity contribution in [2.45, 2.75) is 13.1 Å². The molecule has 1 heterocycles. The first-order valence-corrected chi connectivity index (χ1v) is 8.31. The molecule has 2 N–H and O–H groups in total. The average Bonchev–Trinajstić information content (AvgIpc) is 3.05. The first-order valence-electron chi connectivity index (χ1n) is 8.31. The third-order valence-corrected chi connectivity index (χ3v) is 4.20. The summed E-state index contributed by atoms with van der Waals surface area (Å²) in [6, 6.07) is 18.5. The first-order chi connectivity index (χ1) is 12.2. The summed E-state index contributed by atoms with van der Waals surface area (Å²) >= 11 is 0. The molecule has 0 amide bonds. The summed E-state index contributed by atoms with van der Waals surface area (Å²) in [6.07, 6.45) is 0. The zero-order valence-electron chi connectivity index (χ0n) is 15.3. The van der Waals surface area contributed by atoms with Crippen LogP contribution in [0, 0.1) is 0 Å². The van der Waals surface area contributed by atoms with E-state index in [1.54, 1.807) is 14.2 Å². The van der Waals surface area contributed by atoms with E-state index in [0.29, 0.717) is 6.54 Å². The van der Waals surface area contributed by atoms with Crippen LogP contribution < -0.4 is 10.1 Å². The van der Waals surface area contributed by atoms with Crippen LogP contribution in [0.5, 0.6) is 5.75 Å². The number of guanidine groups is 1. The van der Waals surface area contributed by atoms with Gasteiger partial charge in [-0.15, -0.1) is 24.0 Å². The molecule has 1 aromatic heterocycles. The molecule has 26 heavy (non-hydrogen) atoms. The number of aliphatic imine (C=N–C) groups is 1. The van der Waals surface area contributed by atoms with Gasteiger partial charge in [-0.2, -0.15) is 0 Å². The SMILES string of the molecule is CN=C(NCc1cc2ccccc2[nH]1)N(C)Cc1ccccc1OC.I. The summed E-state index contributed by atoms with van der Waals surface area (Å²) in [7, 11) is 5.51. The highest BCUT2D eigenvalue weighted by molar-refractivity contribution is 14.0. The number of rotatable bonds is 5. The van der Waals surface area contributed by atoms with Crippen LogP contribution in [-0.4, -0.2) is 37.0 Å². The van der Waals surface area contributed by atoms with Gasteiger partial charge in [0.2, 0.25) is 0 Å². The van der Waals surface area contributed by atoms with Crippen LogP contribution in [0.1, 0.15) is 11.3 Å². The van der Waals surface area contributed by atoms with Gasteiger partial charge in [0.1, 0.15) is 5.75 Å². The van der Waals surface area contributed by atoms with E-state index in [1.165, 1.54) is 5.39 Å². The normalized spacial score (nSPS) is 11.1. The fourth-order valence-corrected chi connectivity index (χ4v) is 2.95. The lowest BCUT2D eigenvalue weighted by Crippen LogP contribution is -2.38. The van der Waals surface area contributed by atoms with Gasteiger partial charge in [0.15, 0.2) is 5.96 Å². The third-order valence-electron chi connectivity index (χ3n) is 4.20. The van der Waals surface area contributed by atoms with Crippen LogP contribution in [0.4, 0.5) is 0 Å². The molecule has 0 unspecified atom stereocenters. The minimum absolute atomic E-state index is 0. The molecule has 5 nitrogen and oxygen atoms in total. The summed E-state index contributed by atoms with van der Waals surface area (Å²) in [4.78, 5) is 9.90. The van der Waals surface area contributed by atoms with Gasteiger partial charge in [-0.05, 0) is 23.6 Å². The van der Waals surface area contributed by atoms with E-state index in [2.05, 4.69) is 44.5 Å². The van der Waals surface area contributed by atoms with Crippen LogP contribution in [-0.2, 0) is 13.1 Å². The van der Waals surface area contributed by atoms with E-state index < -0.39 is 0 Å². The Hall–Kier alpha value is -2.22. The zero-order valence-corrected chi connectivity index (χ0v) is 17.7. The Bertz CT molecular complexity index is 842. The number of H-pyrrole nitrogens is 1. The molecule has 0 saturated carbocycles. The fourth-order valence-electron chi connectivity index (χ4n) is 2.95. The van der Waals surface area contributed by atoms with Crippen molar-refractivity contribution >= 4 is 40.8 Å². The molecule has 2 aromatic carbocycles. The van der Waals surface area contributed by atoms with Crippen molar-refractivity contribution in [3.63, 3.8) is 0 Å². The topological polar surface area (TPSA) is 52.7 Å². The monoisotopic (exact) mass is 464 g/mol. The number of hydrogen-bond acceptors (Lipinski definition) is 2. The highest BCUT2D eigenvalue weighted by atomic mass is 127. The zero-order chi connectivity index (χ0) is 17.6. The van der Waals surface area contributed by atoms with Crippen molar-refractivity contribution in [2.75, 3.05) is 21.2 Å². The van der Waals surface area contributed by atoms with E-state index in [0.717, 1.165) is 35.0 Å². The lowest BCUT2D eigenvalue weighted by molar-refractivity contribution is 0.396. The fraction of sp³-hybridized carbons (Fsp3) is 0.250. The van der Waals surface area contributed by atoms with Gasteiger partial charge in [0.05, 0.1) is 13.7 Å². The van der Waals surface area contributed by atoms with Crippen LogP contribution in [0.15, 0.2) is 59.6 Å². The largest absolute Gasteiger partial charge is 0.496 e. The maximum absolute atomic E-state index is 5.43. The van der Waals surface area contributed by atoms with E-state index in [9.17, 15) is 0 Å². The number of benzene rings is 2. The Morgan fingerprint density at radius 3 is 2.62 bits per heavy atom. The van der Waals surface area contributed by atoms with Crippen molar-refractivity contribution in [1.29, 1.82) is 0 Å². The van der Waals surface area contributed by atoms with E-state index in [4.69, 9.17) is 4.74 Å². The molecular weight excluding hydrogens is 439 g/mol. The molecule has 0 atom stereocenters. The number of methoxy groups -OCH3 is 1. The van der Waals surface area contributed by atoms with Gasteiger partial charge in [-0.1, -0.05) is 36.4 Å². The minimum atomic E-state index is 0. The number of halogens is 1. The molecule has 0 aliphatic rings.